The van der Waals surface area contributed by atoms with Gasteiger partial charge >= 0.3 is 0 Å². The van der Waals surface area contributed by atoms with Crippen LogP contribution in [0.25, 0.3) is 0 Å². The topological polar surface area (TPSA) is 21.3 Å². The number of rotatable bonds is 9. The molecule has 2 heteroatoms. The van der Waals surface area contributed by atoms with Gasteiger partial charge in [0.05, 0.1) is 6.10 Å². The van der Waals surface area contributed by atoms with Crippen molar-refractivity contribution in [2.75, 3.05) is 6.54 Å². The summed E-state index contributed by atoms with van der Waals surface area (Å²) in [4.78, 5) is 0. The minimum atomic E-state index is 0.218. The van der Waals surface area contributed by atoms with Gasteiger partial charge in [-0.25, -0.2) is 0 Å². The highest BCUT2D eigenvalue weighted by Crippen LogP contribution is 2.29. The van der Waals surface area contributed by atoms with Crippen LogP contribution < -0.4 is 10.1 Å². The zero-order valence-electron chi connectivity index (χ0n) is 16.3. The van der Waals surface area contributed by atoms with E-state index >= 15 is 0 Å². The van der Waals surface area contributed by atoms with Crippen molar-refractivity contribution in [1.29, 1.82) is 0 Å². The van der Waals surface area contributed by atoms with E-state index in [1.54, 1.807) is 0 Å². The lowest BCUT2D eigenvalue weighted by Crippen LogP contribution is -2.22. The number of ether oxygens (including phenoxy) is 1. The molecule has 0 aliphatic heterocycles. The highest BCUT2D eigenvalue weighted by atomic mass is 16.5. The fourth-order valence-electron chi connectivity index (χ4n) is 3.27. The van der Waals surface area contributed by atoms with Crippen LogP contribution in [0.2, 0.25) is 0 Å². The molecule has 0 aliphatic rings. The molecule has 0 radical (unpaired) electrons. The van der Waals surface area contributed by atoms with Crippen LogP contribution in [0.15, 0.2) is 54.6 Å². The van der Waals surface area contributed by atoms with Crippen LogP contribution in [-0.4, -0.2) is 12.6 Å². The molecule has 0 spiro atoms. The molecule has 0 saturated carbocycles. The summed E-state index contributed by atoms with van der Waals surface area (Å²) in [6.07, 6.45) is 1.36. The molecular formula is C23H33NO. The Balaban J connectivity index is 1.92. The molecular weight excluding hydrogens is 306 g/mol. The summed E-state index contributed by atoms with van der Waals surface area (Å²) < 4.78 is 5.76. The highest BCUT2D eigenvalue weighted by Gasteiger charge is 2.16. The SMILES string of the molecule is CC(C)Oc1ccc([C@H](CCN[C@@H](C)c2ccccc2)C(C)C)cc1. The molecule has 0 unspecified atom stereocenters. The number of benzene rings is 2. The molecule has 0 saturated heterocycles. The normalized spacial score (nSPS) is 13.9. The Bertz CT molecular complexity index is 604. The van der Waals surface area contributed by atoms with E-state index in [0.29, 0.717) is 17.9 Å². The molecule has 25 heavy (non-hydrogen) atoms. The second-order valence-electron chi connectivity index (χ2n) is 7.46. The Morgan fingerprint density at radius 1 is 0.800 bits per heavy atom. The Morgan fingerprint density at radius 2 is 1.44 bits per heavy atom. The molecule has 0 fully saturated rings. The van der Waals surface area contributed by atoms with Crippen molar-refractivity contribution in [3.63, 3.8) is 0 Å². The van der Waals surface area contributed by atoms with Crippen LogP contribution in [-0.2, 0) is 0 Å². The van der Waals surface area contributed by atoms with Gasteiger partial charge in [-0.15, -0.1) is 0 Å². The van der Waals surface area contributed by atoms with E-state index < -0.39 is 0 Å². The summed E-state index contributed by atoms with van der Waals surface area (Å²) >= 11 is 0. The Hall–Kier alpha value is -1.80. The summed E-state index contributed by atoms with van der Waals surface area (Å²) in [5.41, 5.74) is 2.75. The van der Waals surface area contributed by atoms with Crippen molar-refractivity contribution in [1.82, 2.24) is 5.32 Å². The van der Waals surface area contributed by atoms with Crippen LogP contribution in [0.4, 0.5) is 0 Å². The summed E-state index contributed by atoms with van der Waals surface area (Å²) in [6.45, 7) is 12.0. The monoisotopic (exact) mass is 339 g/mol. The quantitative estimate of drug-likeness (QED) is 0.609. The van der Waals surface area contributed by atoms with Crippen LogP contribution >= 0.6 is 0 Å². The molecule has 0 heterocycles. The largest absolute Gasteiger partial charge is 0.491 e. The summed E-state index contributed by atoms with van der Waals surface area (Å²) in [5, 5.41) is 3.67. The zero-order valence-corrected chi connectivity index (χ0v) is 16.3. The molecule has 2 nitrogen and oxygen atoms in total. The van der Waals surface area contributed by atoms with E-state index in [0.717, 1.165) is 18.7 Å². The minimum Gasteiger partial charge on any atom is -0.491 e. The van der Waals surface area contributed by atoms with Crippen molar-refractivity contribution in [3.05, 3.63) is 65.7 Å². The number of hydrogen-bond acceptors (Lipinski definition) is 2. The van der Waals surface area contributed by atoms with E-state index in [2.05, 4.69) is 94.5 Å². The highest BCUT2D eigenvalue weighted by molar-refractivity contribution is 5.30. The second kappa shape index (κ2) is 9.62. The Kier molecular flexibility index (Phi) is 7.52. The summed E-state index contributed by atoms with van der Waals surface area (Å²) in [5.74, 6) is 2.13. The fraction of sp³-hybridized carbons (Fsp3) is 0.478. The Morgan fingerprint density at radius 3 is 2.00 bits per heavy atom. The first kappa shape index (κ1) is 19.5. The van der Waals surface area contributed by atoms with Crippen LogP contribution in [0.1, 0.15) is 64.1 Å². The average molecular weight is 340 g/mol. The van der Waals surface area contributed by atoms with E-state index in [-0.39, 0.29) is 6.10 Å². The van der Waals surface area contributed by atoms with Crippen molar-refractivity contribution in [2.24, 2.45) is 5.92 Å². The van der Waals surface area contributed by atoms with Gasteiger partial charge in [0.25, 0.3) is 0 Å². The maximum atomic E-state index is 5.76. The standard InChI is InChI=1S/C23H33NO/c1-17(2)23(21-11-13-22(14-12-21)25-18(3)4)15-16-24-19(5)20-9-7-6-8-10-20/h6-14,17-19,23-24H,15-16H2,1-5H3/t19-,23+/m0/s1. The zero-order chi connectivity index (χ0) is 18.2. The van der Waals surface area contributed by atoms with Gasteiger partial charge in [0.15, 0.2) is 0 Å². The van der Waals surface area contributed by atoms with E-state index in [4.69, 9.17) is 4.74 Å². The molecule has 2 rings (SSSR count). The maximum absolute atomic E-state index is 5.76. The first-order valence-corrected chi connectivity index (χ1v) is 9.52. The first-order chi connectivity index (χ1) is 12.0. The minimum absolute atomic E-state index is 0.218. The third kappa shape index (κ3) is 6.21. The van der Waals surface area contributed by atoms with Crippen LogP contribution in [0.3, 0.4) is 0 Å². The number of nitrogens with one attached hydrogen (secondary N) is 1. The average Bonchev–Trinajstić information content (AvgIpc) is 2.59. The lowest BCUT2D eigenvalue weighted by Gasteiger charge is -2.23. The Labute approximate surface area is 153 Å². The summed E-state index contributed by atoms with van der Waals surface area (Å²) in [7, 11) is 0. The maximum Gasteiger partial charge on any atom is 0.119 e. The molecule has 0 aromatic heterocycles. The molecule has 1 N–H and O–H groups in total. The van der Waals surface area contributed by atoms with Crippen LogP contribution in [0.5, 0.6) is 5.75 Å². The molecule has 0 amide bonds. The lowest BCUT2D eigenvalue weighted by molar-refractivity contribution is 0.242. The van der Waals surface area contributed by atoms with Crippen molar-refractivity contribution < 1.29 is 4.74 Å². The van der Waals surface area contributed by atoms with Crippen LogP contribution in [0, 0.1) is 5.92 Å². The third-order valence-corrected chi connectivity index (χ3v) is 4.69. The first-order valence-electron chi connectivity index (χ1n) is 9.52. The van der Waals surface area contributed by atoms with E-state index in [9.17, 15) is 0 Å². The second-order valence-corrected chi connectivity index (χ2v) is 7.46. The van der Waals surface area contributed by atoms with Crippen molar-refractivity contribution in [3.8, 4) is 5.75 Å². The molecule has 2 aromatic carbocycles. The molecule has 0 aliphatic carbocycles. The van der Waals surface area contributed by atoms with E-state index in [1.807, 2.05) is 0 Å². The number of hydrogen-bond donors (Lipinski definition) is 1. The van der Waals surface area contributed by atoms with Crippen molar-refractivity contribution >= 4 is 0 Å². The van der Waals surface area contributed by atoms with Crippen molar-refractivity contribution in [2.45, 2.75) is 59.1 Å². The fourth-order valence-corrected chi connectivity index (χ4v) is 3.27. The molecule has 0 bridgehead atoms. The lowest BCUT2D eigenvalue weighted by atomic mass is 9.85. The van der Waals surface area contributed by atoms with Gasteiger partial charge in [-0.1, -0.05) is 56.3 Å². The van der Waals surface area contributed by atoms with Gasteiger partial charge < -0.3 is 10.1 Å². The smallest absolute Gasteiger partial charge is 0.119 e. The van der Waals surface area contributed by atoms with Gasteiger partial charge in [0.2, 0.25) is 0 Å². The summed E-state index contributed by atoms with van der Waals surface area (Å²) in [6, 6.07) is 19.7. The van der Waals surface area contributed by atoms with Gasteiger partial charge in [-0.3, -0.25) is 0 Å². The molecule has 2 atom stereocenters. The molecule has 2 aromatic rings. The van der Waals surface area contributed by atoms with E-state index in [1.165, 1.54) is 11.1 Å². The molecule has 136 valence electrons. The van der Waals surface area contributed by atoms with Gasteiger partial charge in [0, 0.05) is 6.04 Å². The predicted molar refractivity (Wildman–Crippen MR) is 107 cm³/mol. The van der Waals surface area contributed by atoms with Gasteiger partial charge in [-0.05, 0) is 68.8 Å². The van der Waals surface area contributed by atoms with Gasteiger partial charge in [-0.2, -0.15) is 0 Å². The predicted octanol–water partition coefficient (Wildman–Crippen LogP) is 5.95. The third-order valence-electron chi connectivity index (χ3n) is 4.69. The van der Waals surface area contributed by atoms with Gasteiger partial charge in [0.1, 0.15) is 5.75 Å².